The predicted molar refractivity (Wildman–Crippen MR) is 123 cm³/mol. The second-order valence-corrected chi connectivity index (χ2v) is 7.79. The Kier molecular flexibility index (Phi) is 6.93. The van der Waals surface area contributed by atoms with E-state index in [4.69, 9.17) is 16.3 Å². The van der Waals surface area contributed by atoms with E-state index < -0.39 is 12.3 Å². The van der Waals surface area contributed by atoms with Crippen molar-refractivity contribution in [1.82, 2.24) is 0 Å². The van der Waals surface area contributed by atoms with Crippen molar-refractivity contribution >= 4 is 34.8 Å². The van der Waals surface area contributed by atoms with Crippen molar-refractivity contribution < 1.29 is 27.4 Å². The van der Waals surface area contributed by atoms with E-state index in [1.165, 1.54) is 12.1 Å². The van der Waals surface area contributed by atoms with Gasteiger partial charge in [-0.2, -0.15) is 0 Å². The number of nitrogens with zero attached hydrogens (tertiary/aromatic N) is 2. The van der Waals surface area contributed by atoms with Gasteiger partial charge in [0.05, 0.1) is 5.69 Å². The topological polar surface area (TPSA) is 63.2 Å². The molecule has 1 aliphatic heterocycles. The first-order valence-corrected chi connectivity index (χ1v) is 10.6. The second kappa shape index (κ2) is 10.0. The lowest BCUT2D eigenvalue weighted by Crippen LogP contribution is -2.35. The maximum Gasteiger partial charge on any atom is 0.573 e. The summed E-state index contributed by atoms with van der Waals surface area (Å²) < 4.78 is 46.5. The average molecular weight is 490 g/mol. The van der Waals surface area contributed by atoms with Crippen molar-refractivity contribution in [1.29, 1.82) is 0 Å². The van der Waals surface area contributed by atoms with Gasteiger partial charge in [0.2, 0.25) is 11.8 Å². The van der Waals surface area contributed by atoms with Crippen LogP contribution in [0.25, 0.3) is 0 Å². The van der Waals surface area contributed by atoms with Gasteiger partial charge in [-0.05, 0) is 48.0 Å². The highest BCUT2D eigenvalue weighted by molar-refractivity contribution is 6.30. The molecule has 176 valence electrons. The van der Waals surface area contributed by atoms with Crippen molar-refractivity contribution in [2.75, 3.05) is 16.9 Å². The number of nitrogens with one attached hydrogen (secondary N) is 1. The van der Waals surface area contributed by atoms with E-state index in [9.17, 15) is 18.0 Å². The van der Waals surface area contributed by atoms with Crippen molar-refractivity contribution in [3.8, 4) is 5.75 Å². The molecule has 1 unspecified atom stereocenters. The highest BCUT2D eigenvalue weighted by Gasteiger charge is 2.31. The molecular formula is C24H19ClF3N3O3. The molecule has 0 radical (unpaired) electrons. The number of ether oxygens (including phenoxy) is 2. The molecule has 0 saturated carbocycles. The Morgan fingerprint density at radius 2 is 1.82 bits per heavy atom. The fourth-order valence-electron chi connectivity index (χ4n) is 3.40. The van der Waals surface area contributed by atoms with Gasteiger partial charge in [-0.1, -0.05) is 48.0 Å². The van der Waals surface area contributed by atoms with Crippen LogP contribution in [0.4, 0.5) is 24.5 Å². The Hall–Kier alpha value is -3.72. The van der Waals surface area contributed by atoms with Crippen molar-refractivity contribution in [3.05, 3.63) is 89.4 Å². The van der Waals surface area contributed by atoms with Crippen molar-refractivity contribution in [2.24, 2.45) is 5.10 Å². The number of halogens is 4. The van der Waals surface area contributed by atoms with E-state index in [1.807, 2.05) is 42.5 Å². The largest absolute Gasteiger partial charge is 0.573 e. The molecule has 0 saturated heterocycles. The summed E-state index contributed by atoms with van der Waals surface area (Å²) in [6.45, 7) is 0.256. The maximum atomic E-state index is 12.5. The molecule has 1 heterocycles. The molecule has 1 amide bonds. The van der Waals surface area contributed by atoms with Crippen LogP contribution in [0, 0.1) is 0 Å². The van der Waals surface area contributed by atoms with Crippen LogP contribution in [0.15, 0.2) is 84.0 Å². The van der Waals surface area contributed by atoms with Crippen LogP contribution in [0.3, 0.4) is 0 Å². The minimum atomic E-state index is -4.78. The molecule has 0 aromatic heterocycles. The van der Waals surface area contributed by atoms with Gasteiger partial charge in [0.25, 0.3) is 0 Å². The zero-order chi connectivity index (χ0) is 24.1. The third kappa shape index (κ3) is 6.20. The van der Waals surface area contributed by atoms with Gasteiger partial charge in [0.15, 0.2) is 0 Å². The highest BCUT2D eigenvalue weighted by Crippen LogP contribution is 2.32. The lowest BCUT2D eigenvalue weighted by Gasteiger charge is -2.34. The number of amides is 1. The summed E-state index contributed by atoms with van der Waals surface area (Å²) in [4.78, 5) is 12.5. The van der Waals surface area contributed by atoms with Crippen LogP contribution in [0.5, 0.6) is 5.75 Å². The van der Waals surface area contributed by atoms with Gasteiger partial charge in [0, 0.05) is 10.7 Å². The quantitative estimate of drug-likeness (QED) is 0.450. The van der Waals surface area contributed by atoms with E-state index in [0.29, 0.717) is 10.7 Å². The number of hydrazone groups is 1. The summed E-state index contributed by atoms with van der Waals surface area (Å²) >= 11 is 6.17. The van der Waals surface area contributed by atoms with Gasteiger partial charge in [-0.15, -0.1) is 18.3 Å². The highest BCUT2D eigenvalue weighted by atomic mass is 35.5. The maximum absolute atomic E-state index is 12.5. The molecule has 3 aromatic carbocycles. The average Bonchev–Trinajstić information content (AvgIpc) is 2.80. The number of alkyl halides is 3. The van der Waals surface area contributed by atoms with E-state index in [1.54, 1.807) is 17.1 Å². The molecule has 0 aliphatic carbocycles. The number of carbonyl (C=O) groups is 1. The smallest absolute Gasteiger partial charge is 0.477 e. The number of hydrogen-bond acceptors (Lipinski definition) is 5. The Morgan fingerprint density at radius 1 is 1.09 bits per heavy atom. The van der Waals surface area contributed by atoms with Crippen molar-refractivity contribution in [2.45, 2.75) is 18.8 Å². The van der Waals surface area contributed by atoms with Crippen molar-refractivity contribution in [3.63, 3.8) is 0 Å². The van der Waals surface area contributed by atoms with Gasteiger partial charge >= 0.3 is 6.36 Å². The molecule has 1 N–H and O–H groups in total. The molecule has 1 aliphatic rings. The molecule has 3 aromatic rings. The summed E-state index contributed by atoms with van der Waals surface area (Å²) in [5.74, 6) is -0.622. The van der Waals surface area contributed by atoms with E-state index in [-0.39, 0.29) is 30.7 Å². The number of anilines is 2. The van der Waals surface area contributed by atoms with E-state index >= 15 is 0 Å². The van der Waals surface area contributed by atoms with Crippen LogP contribution >= 0.6 is 11.6 Å². The Labute approximate surface area is 198 Å². The Bertz CT molecular complexity index is 1170. The van der Waals surface area contributed by atoms with Gasteiger partial charge in [-0.3, -0.25) is 9.80 Å². The van der Waals surface area contributed by atoms with E-state index in [2.05, 4.69) is 15.2 Å². The molecule has 6 nitrogen and oxygen atoms in total. The zero-order valence-electron chi connectivity index (χ0n) is 17.6. The molecular weight excluding hydrogens is 471 g/mol. The first-order valence-electron chi connectivity index (χ1n) is 10.2. The fraction of sp³-hybridized carbons (Fsp3) is 0.167. The Morgan fingerprint density at radius 3 is 2.50 bits per heavy atom. The molecule has 0 spiro atoms. The van der Waals surface area contributed by atoms with Gasteiger partial charge in [-0.25, -0.2) is 0 Å². The summed E-state index contributed by atoms with van der Waals surface area (Å²) in [7, 11) is 0. The third-order valence-electron chi connectivity index (χ3n) is 4.86. The first kappa shape index (κ1) is 23.4. The minimum absolute atomic E-state index is 0.167. The summed E-state index contributed by atoms with van der Waals surface area (Å²) in [5.41, 5.74) is 2.03. The second-order valence-electron chi connectivity index (χ2n) is 7.35. The van der Waals surface area contributed by atoms with E-state index in [0.717, 1.165) is 23.4 Å². The molecule has 34 heavy (non-hydrogen) atoms. The summed E-state index contributed by atoms with van der Waals surface area (Å²) in [6.07, 6.45) is -4.95. The number of rotatable bonds is 6. The lowest BCUT2D eigenvalue weighted by atomic mass is 10.1. The van der Waals surface area contributed by atoms with Crippen LogP contribution in [0.1, 0.15) is 18.0 Å². The number of carbonyl (C=O) groups excluding carboxylic acids is 1. The van der Waals surface area contributed by atoms with Crippen LogP contribution in [0.2, 0.25) is 5.02 Å². The minimum Gasteiger partial charge on any atom is -0.477 e. The lowest BCUT2D eigenvalue weighted by molar-refractivity contribution is -0.274. The normalized spacial score (nSPS) is 15.8. The summed E-state index contributed by atoms with van der Waals surface area (Å²) in [6, 6.07) is 21.5. The standard InChI is InChI=1S/C24H19ClF3N3O3/c25-17-7-4-8-19(13-17)31-21(16-5-2-1-3-6-16)15-33-23(30-31)14-22(32)29-18-9-11-20(12-10-18)34-24(26,27)28/h1-13,21H,14-15H2,(H,29,32). The summed E-state index contributed by atoms with van der Waals surface area (Å²) in [5, 5.41) is 9.47. The molecule has 0 bridgehead atoms. The van der Waals surface area contributed by atoms with Gasteiger partial charge in [0.1, 0.15) is 24.8 Å². The SMILES string of the molecule is O=C(CC1=NN(c2cccc(Cl)c2)C(c2ccccc2)CO1)Nc1ccc(OC(F)(F)F)cc1. The van der Waals surface area contributed by atoms with Crippen LogP contribution in [-0.2, 0) is 9.53 Å². The third-order valence-corrected chi connectivity index (χ3v) is 5.10. The Balaban J connectivity index is 1.48. The number of hydrogen-bond donors (Lipinski definition) is 1. The molecule has 4 rings (SSSR count). The molecule has 0 fully saturated rings. The first-order chi connectivity index (χ1) is 16.3. The van der Waals surface area contributed by atoms with Crippen LogP contribution in [-0.4, -0.2) is 24.8 Å². The van der Waals surface area contributed by atoms with Gasteiger partial charge < -0.3 is 14.8 Å². The fourth-order valence-corrected chi connectivity index (χ4v) is 3.59. The monoisotopic (exact) mass is 489 g/mol. The molecule has 10 heteroatoms. The number of benzene rings is 3. The molecule has 1 atom stereocenters. The van der Waals surface area contributed by atoms with Crippen LogP contribution < -0.4 is 15.1 Å². The zero-order valence-corrected chi connectivity index (χ0v) is 18.4. The predicted octanol–water partition coefficient (Wildman–Crippen LogP) is 6.16.